The van der Waals surface area contributed by atoms with Gasteiger partial charge in [-0.3, -0.25) is 9.78 Å². The van der Waals surface area contributed by atoms with Gasteiger partial charge in [-0.2, -0.15) is 13.2 Å². The molecular weight excluding hydrogens is 325 g/mol. The van der Waals surface area contributed by atoms with E-state index in [4.69, 9.17) is 5.11 Å². The van der Waals surface area contributed by atoms with E-state index < -0.39 is 30.4 Å². The zero-order chi connectivity index (χ0) is 17.7. The number of hydrogen-bond donors (Lipinski definition) is 3. The molecule has 1 amide bonds. The standard InChI is InChI=1S/C16H15F3N2O3/c17-16(18,19)13-2-1-7-20-14(13)10-3-5-11(6-4-10)15(24)21-8-12(23)9-22/h1-7,12,22-23H,8-9H2,(H,21,24). The van der Waals surface area contributed by atoms with E-state index in [0.717, 1.165) is 6.07 Å². The third kappa shape index (κ3) is 4.30. The zero-order valence-electron chi connectivity index (χ0n) is 12.4. The van der Waals surface area contributed by atoms with Gasteiger partial charge in [0.05, 0.1) is 24.0 Å². The van der Waals surface area contributed by atoms with Crippen molar-refractivity contribution in [3.05, 3.63) is 53.7 Å². The number of carbonyl (C=O) groups is 1. The van der Waals surface area contributed by atoms with E-state index in [2.05, 4.69) is 10.3 Å². The molecule has 0 spiro atoms. The van der Waals surface area contributed by atoms with Crippen molar-refractivity contribution in [2.45, 2.75) is 12.3 Å². The Bertz CT molecular complexity index is 702. The van der Waals surface area contributed by atoms with E-state index in [9.17, 15) is 23.1 Å². The Morgan fingerprint density at radius 1 is 1.21 bits per heavy atom. The number of aromatic nitrogens is 1. The molecule has 2 aromatic rings. The van der Waals surface area contributed by atoms with Gasteiger partial charge < -0.3 is 15.5 Å². The normalized spacial score (nSPS) is 12.7. The number of aliphatic hydroxyl groups excluding tert-OH is 2. The second-order valence-electron chi connectivity index (χ2n) is 5.02. The lowest BCUT2D eigenvalue weighted by molar-refractivity contribution is -0.137. The molecule has 0 aliphatic heterocycles. The van der Waals surface area contributed by atoms with E-state index in [1.807, 2.05) is 0 Å². The molecule has 0 saturated heterocycles. The topological polar surface area (TPSA) is 82.5 Å². The molecule has 1 atom stereocenters. The molecule has 0 bridgehead atoms. The highest BCUT2D eigenvalue weighted by Crippen LogP contribution is 2.35. The highest BCUT2D eigenvalue weighted by atomic mass is 19.4. The minimum Gasteiger partial charge on any atom is -0.394 e. The molecule has 24 heavy (non-hydrogen) atoms. The van der Waals surface area contributed by atoms with Crippen molar-refractivity contribution in [1.29, 1.82) is 0 Å². The first-order chi connectivity index (χ1) is 11.3. The van der Waals surface area contributed by atoms with Crippen LogP contribution in [-0.4, -0.2) is 40.4 Å². The van der Waals surface area contributed by atoms with Crippen LogP contribution in [0.3, 0.4) is 0 Å². The van der Waals surface area contributed by atoms with Gasteiger partial charge in [-0.1, -0.05) is 12.1 Å². The molecule has 0 radical (unpaired) electrons. The molecule has 0 fully saturated rings. The fraction of sp³-hybridized carbons (Fsp3) is 0.250. The Hall–Kier alpha value is -2.45. The first-order valence-electron chi connectivity index (χ1n) is 7.02. The average Bonchev–Trinajstić information content (AvgIpc) is 2.58. The van der Waals surface area contributed by atoms with Crippen LogP contribution in [0.25, 0.3) is 11.3 Å². The minimum absolute atomic E-state index is 0.129. The molecule has 1 aromatic heterocycles. The number of aliphatic hydroxyl groups is 2. The summed E-state index contributed by atoms with van der Waals surface area (Å²) in [7, 11) is 0. The highest BCUT2D eigenvalue weighted by molar-refractivity contribution is 5.94. The van der Waals surface area contributed by atoms with Crippen molar-refractivity contribution >= 4 is 5.91 Å². The molecule has 2 rings (SSSR count). The molecular formula is C16H15F3N2O3. The predicted octanol–water partition coefficient (Wildman–Crippen LogP) is 1.85. The number of alkyl halides is 3. The molecule has 1 unspecified atom stereocenters. The number of halogens is 3. The SMILES string of the molecule is O=C(NCC(O)CO)c1ccc(-c2ncccc2C(F)(F)F)cc1. The van der Waals surface area contributed by atoms with Gasteiger partial charge in [0.1, 0.15) is 0 Å². The number of carbonyl (C=O) groups excluding carboxylic acids is 1. The van der Waals surface area contributed by atoms with Gasteiger partial charge in [0.15, 0.2) is 0 Å². The number of pyridine rings is 1. The minimum atomic E-state index is -4.53. The van der Waals surface area contributed by atoms with Crippen LogP contribution in [0.15, 0.2) is 42.6 Å². The van der Waals surface area contributed by atoms with Crippen molar-refractivity contribution in [3.8, 4) is 11.3 Å². The number of benzene rings is 1. The summed E-state index contributed by atoms with van der Waals surface area (Å²) in [5, 5.41) is 20.2. The van der Waals surface area contributed by atoms with Crippen LogP contribution in [0.4, 0.5) is 13.2 Å². The number of rotatable bonds is 5. The molecule has 1 heterocycles. The average molecular weight is 340 g/mol. The largest absolute Gasteiger partial charge is 0.418 e. The van der Waals surface area contributed by atoms with E-state index in [-0.39, 0.29) is 23.4 Å². The van der Waals surface area contributed by atoms with Crippen molar-refractivity contribution in [2.24, 2.45) is 0 Å². The lowest BCUT2D eigenvalue weighted by Crippen LogP contribution is -2.33. The molecule has 0 saturated carbocycles. The molecule has 0 aliphatic carbocycles. The van der Waals surface area contributed by atoms with Gasteiger partial charge in [-0.15, -0.1) is 0 Å². The Morgan fingerprint density at radius 3 is 2.46 bits per heavy atom. The first-order valence-corrected chi connectivity index (χ1v) is 7.02. The Balaban J connectivity index is 2.20. The molecule has 0 aliphatic rings. The zero-order valence-corrected chi connectivity index (χ0v) is 12.4. The Kier molecular flexibility index (Phi) is 5.53. The summed E-state index contributed by atoms with van der Waals surface area (Å²) >= 11 is 0. The summed E-state index contributed by atoms with van der Waals surface area (Å²) in [6, 6.07) is 7.62. The molecule has 1 aromatic carbocycles. The van der Waals surface area contributed by atoms with Crippen LogP contribution in [0, 0.1) is 0 Å². The van der Waals surface area contributed by atoms with Gasteiger partial charge in [0.2, 0.25) is 0 Å². The van der Waals surface area contributed by atoms with Crippen molar-refractivity contribution < 1.29 is 28.2 Å². The maximum absolute atomic E-state index is 13.0. The third-order valence-corrected chi connectivity index (χ3v) is 3.24. The van der Waals surface area contributed by atoms with Crippen LogP contribution in [0.1, 0.15) is 15.9 Å². The Morgan fingerprint density at radius 2 is 1.88 bits per heavy atom. The maximum Gasteiger partial charge on any atom is 0.418 e. The van der Waals surface area contributed by atoms with Gasteiger partial charge in [0, 0.05) is 23.9 Å². The quantitative estimate of drug-likeness (QED) is 0.776. The summed E-state index contributed by atoms with van der Waals surface area (Å²) in [4.78, 5) is 15.6. The fourth-order valence-corrected chi connectivity index (χ4v) is 2.02. The van der Waals surface area contributed by atoms with Gasteiger partial charge in [-0.25, -0.2) is 0 Å². The maximum atomic E-state index is 13.0. The van der Waals surface area contributed by atoms with Gasteiger partial charge >= 0.3 is 6.18 Å². The summed E-state index contributed by atoms with van der Waals surface area (Å²) in [6.45, 7) is -0.616. The van der Waals surface area contributed by atoms with Crippen LogP contribution in [0.2, 0.25) is 0 Å². The predicted molar refractivity (Wildman–Crippen MR) is 80.1 cm³/mol. The van der Waals surface area contributed by atoms with Crippen molar-refractivity contribution in [3.63, 3.8) is 0 Å². The molecule has 8 heteroatoms. The second-order valence-corrected chi connectivity index (χ2v) is 5.02. The van der Waals surface area contributed by atoms with Crippen LogP contribution >= 0.6 is 0 Å². The lowest BCUT2D eigenvalue weighted by Gasteiger charge is -2.12. The van der Waals surface area contributed by atoms with Gasteiger partial charge in [0.25, 0.3) is 5.91 Å². The number of amides is 1. The molecule has 3 N–H and O–H groups in total. The monoisotopic (exact) mass is 340 g/mol. The molecule has 5 nitrogen and oxygen atoms in total. The number of nitrogens with zero attached hydrogens (tertiary/aromatic N) is 1. The number of nitrogens with one attached hydrogen (secondary N) is 1. The first kappa shape index (κ1) is 17.9. The molecule has 128 valence electrons. The Labute approximate surface area is 135 Å². The summed E-state index contributed by atoms with van der Waals surface area (Å²) in [6.07, 6.45) is -4.34. The third-order valence-electron chi connectivity index (χ3n) is 3.24. The van der Waals surface area contributed by atoms with E-state index in [0.29, 0.717) is 0 Å². The van der Waals surface area contributed by atoms with E-state index >= 15 is 0 Å². The van der Waals surface area contributed by atoms with E-state index in [1.165, 1.54) is 36.5 Å². The summed E-state index contributed by atoms with van der Waals surface area (Å²) in [5.74, 6) is -0.508. The lowest BCUT2D eigenvalue weighted by atomic mass is 10.0. The smallest absolute Gasteiger partial charge is 0.394 e. The number of hydrogen-bond acceptors (Lipinski definition) is 4. The highest BCUT2D eigenvalue weighted by Gasteiger charge is 2.34. The fourth-order valence-electron chi connectivity index (χ4n) is 2.02. The summed E-state index contributed by atoms with van der Waals surface area (Å²) < 4.78 is 39.0. The van der Waals surface area contributed by atoms with Crippen LogP contribution in [-0.2, 0) is 6.18 Å². The second kappa shape index (κ2) is 7.41. The van der Waals surface area contributed by atoms with Crippen LogP contribution in [0.5, 0.6) is 0 Å². The van der Waals surface area contributed by atoms with Crippen molar-refractivity contribution in [2.75, 3.05) is 13.2 Å². The van der Waals surface area contributed by atoms with Crippen molar-refractivity contribution in [1.82, 2.24) is 10.3 Å². The van der Waals surface area contributed by atoms with Gasteiger partial charge in [-0.05, 0) is 24.3 Å². The van der Waals surface area contributed by atoms with E-state index in [1.54, 1.807) is 0 Å². The van der Waals surface area contributed by atoms with Crippen LogP contribution < -0.4 is 5.32 Å². The summed E-state index contributed by atoms with van der Waals surface area (Å²) in [5.41, 5.74) is -0.621.